The quantitative estimate of drug-likeness (QED) is 0.344. The molecule has 0 N–H and O–H groups in total. The van der Waals surface area contributed by atoms with Gasteiger partial charge in [0, 0.05) is 0 Å². The zero-order valence-corrected chi connectivity index (χ0v) is 13.6. The maximum atomic E-state index is 8.77. The van der Waals surface area contributed by atoms with Gasteiger partial charge in [0.2, 0.25) is 0 Å². The molecular formula is C17H35N2+. The first kappa shape index (κ1) is 18.4. The topological polar surface area (TPSA) is 23.8 Å². The summed E-state index contributed by atoms with van der Waals surface area (Å²) < 4.78 is 1.14. The van der Waals surface area contributed by atoms with Crippen LogP contribution in [0.2, 0.25) is 0 Å². The van der Waals surface area contributed by atoms with Crippen LogP contribution in [0.15, 0.2) is 0 Å². The Balaban J connectivity index is 3.67. The number of rotatable bonds is 13. The van der Waals surface area contributed by atoms with E-state index in [0.29, 0.717) is 6.42 Å². The molecule has 0 aliphatic rings. The van der Waals surface area contributed by atoms with E-state index in [1.807, 2.05) is 0 Å². The smallest absolute Gasteiger partial charge is 0.0918 e. The second-order valence-corrected chi connectivity index (χ2v) is 5.80. The maximum Gasteiger partial charge on any atom is 0.0918 e. The van der Waals surface area contributed by atoms with E-state index in [-0.39, 0.29) is 0 Å². The Hall–Kier alpha value is -0.550. The lowest BCUT2D eigenvalue weighted by Crippen LogP contribution is -2.48. The first-order valence-corrected chi connectivity index (χ1v) is 8.46. The number of nitrogens with zero attached hydrogens (tertiary/aromatic N) is 2. The van der Waals surface area contributed by atoms with Crippen molar-refractivity contribution in [1.82, 2.24) is 0 Å². The number of unbranched alkanes of at least 4 members (excludes halogenated alkanes) is 7. The minimum absolute atomic E-state index is 0.707. The summed E-state index contributed by atoms with van der Waals surface area (Å²) in [7, 11) is 0. The van der Waals surface area contributed by atoms with Crippen molar-refractivity contribution in [1.29, 1.82) is 5.26 Å². The minimum Gasteiger partial charge on any atom is -0.323 e. The predicted octanol–water partition coefficient (Wildman–Crippen LogP) is 4.90. The van der Waals surface area contributed by atoms with E-state index in [1.54, 1.807) is 0 Å². The third-order valence-corrected chi connectivity index (χ3v) is 4.53. The zero-order valence-electron chi connectivity index (χ0n) is 13.6. The first-order valence-electron chi connectivity index (χ1n) is 8.46. The van der Waals surface area contributed by atoms with Crippen molar-refractivity contribution < 1.29 is 4.48 Å². The van der Waals surface area contributed by atoms with Crippen LogP contribution in [0, 0.1) is 11.3 Å². The van der Waals surface area contributed by atoms with Gasteiger partial charge in [-0.3, -0.25) is 0 Å². The molecule has 112 valence electrons. The molecule has 0 aromatic rings. The Morgan fingerprint density at radius 3 is 1.74 bits per heavy atom. The monoisotopic (exact) mass is 267 g/mol. The van der Waals surface area contributed by atoms with Crippen LogP contribution in [0.4, 0.5) is 0 Å². The number of quaternary nitrogens is 1. The standard InChI is InChI=1S/C17H35N2/c1-4-7-8-9-10-11-12-13-16-19(5-2,6-3)17-14-15-18/h4-14,16-17H2,1-3H3/q+1. The van der Waals surface area contributed by atoms with E-state index in [9.17, 15) is 0 Å². The van der Waals surface area contributed by atoms with Gasteiger partial charge >= 0.3 is 0 Å². The molecule has 0 aromatic carbocycles. The zero-order chi connectivity index (χ0) is 14.4. The summed E-state index contributed by atoms with van der Waals surface area (Å²) in [6, 6.07) is 2.31. The maximum absolute atomic E-state index is 8.77. The summed E-state index contributed by atoms with van der Waals surface area (Å²) in [5.41, 5.74) is 0. The highest BCUT2D eigenvalue weighted by Crippen LogP contribution is 2.13. The fourth-order valence-electron chi connectivity index (χ4n) is 2.84. The predicted molar refractivity (Wildman–Crippen MR) is 83.9 cm³/mol. The molecule has 0 saturated carbocycles. The van der Waals surface area contributed by atoms with E-state index >= 15 is 0 Å². The summed E-state index contributed by atoms with van der Waals surface area (Å²) in [6.07, 6.45) is 11.8. The number of hydrogen-bond donors (Lipinski definition) is 0. The lowest BCUT2D eigenvalue weighted by Gasteiger charge is -2.36. The Morgan fingerprint density at radius 1 is 0.737 bits per heavy atom. The van der Waals surface area contributed by atoms with Crippen molar-refractivity contribution >= 4 is 0 Å². The molecule has 2 heteroatoms. The molecule has 0 aliphatic carbocycles. The van der Waals surface area contributed by atoms with Crippen LogP contribution in [0.25, 0.3) is 0 Å². The number of hydrogen-bond acceptors (Lipinski definition) is 1. The summed E-state index contributed by atoms with van der Waals surface area (Å²) in [6.45, 7) is 11.5. The van der Waals surface area contributed by atoms with E-state index < -0.39 is 0 Å². The van der Waals surface area contributed by atoms with Crippen LogP contribution in [0.5, 0.6) is 0 Å². The summed E-state index contributed by atoms with van der Waals surface area (Å²) in [5.74, 6) is 0. The lowest BCUT2D eigenvalue weighted by atomic mass is 10.1. The van der Waals surface area contributed by atoms with Crippen LogP contribution in [-0.4, -0.2) is 30.7 Å². The fraction of sp³-hybridized carbons (Fsp3) is 0.941. The molecule has 2 nitrogen and oxygen atoms in total. The van der Waals surface area contributed by atoms with Crippen LogP contribution < -0.4 is 0 Å². The van der Waals surface area contributed by atoms with Gasteiger partial charge in [-0.2, -0.15) is 5.26 Å². The molecule has 0 amide bonds. The summed E-state index contributed by atoms with van der Waals surface area (Å²) in [4.78, 5) is 0. The summed E-state index contributed by atoms with van der Waals surface area (Å²) >= 11 is 0. The third kappa shape index (κ3) is 9.05. The van der Waals surface area contributed by atoms with Crippen LogP contribution in [0.3, 0.4) is 0 Å². The number of nitriles is 1. The van der Waals surface area contributed by atoms with Gasteiger partial charge in [0.15, 0.2) is 0 Å². The fourth-order valence-corrected chi connectivity index (χ4v) is 2.84. The Labute approximate surface area is 121 Å². The van der Waals surface area contributed by atoms with Gasteiger partial charge in [0.25, 0.3) is 0 Å². The second kappa shape index (κ2) is 12.5. The normalized spacial score (nSPS) is 11.5. The Bertz CT molecular complexity index is 226. The van der Waals surface area contributed by atoms with Crippen molar-refractivity contribution in [3.63, 3.8) is 0 Å². The molecule has 0 heterocycles. The molecule has 0 spiro atoms. The SMILES string of the molecule is CCCCCCCCCC[N+](CC)(CC)CCC#N. The van der Waals surface area contributed by atoms with Crippen molar-refractivity contribution in [2.45, 2.75) is 78.6 Å². The minimum atomic E-state index is 0.707. The van der Waals surface area contributed by atoms with Crippen LogP contribution in [-0.2, 0) is 0 Å². The van der Waals surface area contributed by atoms with E-state index in [0.717, 1.165) is 11.0 Å². The van der Waals surface area contributed by atoms with Gasteiger partial charge in [0.05, 0.1) is 38.7 Å². The molecule has 19 heavy (non-hydrogen) atoms. The van der Waals surface area contributed by atoms with Crippen LogP contribution in [0.1, 0.15) is 78.6 Å². The first-order chi connectivity index (χ1) is 9.24. The molecule has 0 atom stereocenters. The molecule has 0 aliphatic heterocycles. The van der Waals surface area contributed by atoms with Crippen molar-refractivity contribution in [2.24, 2.45) is 0 Å². The Morgan fingerprint density at radius 2 is 1.26 bits per heavy atom. The molecule has 0 rings (SSSR count). The molecule has 0 radical (unpaired) electrons. The van der Waals surface area contributed by atoms with E-state index in [2.05, 4.69) is 26.8 Å². The largest absolute Gasteiger partial charge is 0.323 e. The van der Waals surface area contributed by atoms with Gasteiger partial charge in [0.1, 0.15) is 0 Å². The second-order valence-electron chi connectivity index (χ2n) is 5.80. The Kier molecular flexibility index (Phi) is 12.1. The van der Waals surface area contributed by atoms with Crippen molar-refractivity contribution in [3.8, 4) is 6.07 Å². The van der Waals surface area contributed by atoms with Crippen LogP contribution >= 0.6 is 0 Å². The molecule has 0 aromatic heterocycles. The highest BCUT2D eigenvalue weighted by molar-refractivity contribution is 4.68. The van der Waals surface area contributed by atoms with Gasteiger partial charge in [-0.25, -0.2) is 0 Å². The third-order valence-electron chi connectivity index (χ3n) is 4.53. The molecular weight excluding hydrogens is 232 g/mol. The van der Waals surface area contributed by atoms with E-state index in [4.69, 9.17) is 5.26 Å². The van der Waals surface area contributed by atoms with Gasteiger partial charge in [-0.15, -0.1) is 0 Å². The van der Waals surface area contributed by atoms with Crippen molar-refractivity contribution in [2.75, 3.05) is 26.2 Å². The lowest BCUT2D eigenvalue weighted by molar-refractivity contribution is -0.924. The summed E-state index contributed by atoms with van der Waals surface area (Å²) in [5, 5.41) is 8.77. The van der Waals surface area contributed by atoms with E-state index in [1.165, 1.54) is 71.0 Å². The highest BCUT2D eigenvalue weighted by Gasteiger charge is 2.21. The van der Waals surface area contributed by atoms with Crippen molar-refractivity contribution in [3.05, 3.63) is 0 Å². The van der Waals surface area contributed by atoms with Gasteiger partial charge in [-0.1, -0.05) is 45.4 Å². The van der Waals surface area contributed by atoms with Gasteiger partial charge < -0.3 is 4.48 Å². The average molecular weight is 267 g/mol. The molecule has 0 unspecified atom stereocenters. The highest BCUT2D eigenvalue weighted by atomic mass is 15.3. The molecule has 0 fully saturated rings. The molecule has 0 bridgehead atoms. The average Bonchev–Trinajstić information content (AvgIpc) is 2.45. The van der Waals surface area contributed by atoms with Gasteiger partial charge in [-0.05, 0) is 26.7 Å². The molecule has 0 saturated heterocycles.